The topological polar surface area (TPSA) is 57.5 Å². The zero-order chi connectivity index (χ0) is 32.8. The van der Waals surface area contributed by atoms with Crippen LogP contribution in [0.15, 0.2) is 108 Å². The first-order valence-electron chi connectivity index (χ1n) is 16.1. The molecular weight excluding hydrogens is 607 g/mol. The fourth-order valence-electron chi connectivity index (χ4n) is 5.51. The maximum absolute atomic E-state index is 14.4. The number of rotatable bonds is 18. The molecule has 0 radical (unpaired) electrons. The van der Waals surface area contributed by atoms with E-state index in [9.17, 15) is 9.59 Å². The van der Waals surface area contributed by atoms with Crippen LogP contribution in [0, 0.1) is 0 Å². The number of pyridine rings is 1. The average Bonchev–Trinajstić information content (AvgIpc) is 3.07. The molecule has 0 N–H and O–H groups in total. The average molecular weight is 654 g/mol. The van der Waals surface area contributed by atoms with Gasteiger partial charge in [-0.05, 0) is 61.5 Å². The van der Waals surface area contributed by atoms with E-state index in [0.29, 0.717) is 56.1 Å². The summed E-state index contributed by atoms with van der Waals surface area (Å²) in [6.45, 7) is 8.05. The first kappa shape index (κ1) is 35.4. The highest BCUT2D eigenvalue weighted by Crippen LogP contribution is 2.23. The summed E-state index contributed by atoms with van der Waals surface area (Å²) >= 11 is 1.75. The Morgan fingerprint density at radius 2 is 1.48 bits per heavy atom. The summed E-state index contributed by atoms with van der Waals surface area (Å²) in [4.78, 5) is 27.7. The number of aryl methyl sites for hydroxylation is 1. The van der Waals surface area contributed by atoms with Gasteiger partial charge in [0.15, 0.2) is 5.78 Å². The Morgan fingerprint density at radius 3 is 2.07 bits per heavy atom. The van der Waals surface area contributed by atoms with Gasteiger partial charge in [0.1, 0.15) is 8.07 Å². The molecule has 0 fully saturated rings. The maximum Gasteiger partial charge on any atom is 0.254 e. The van der Waals surface area contributed by atoms with Crippen molar-refractivity contribution in [3.05, 3.63) is 141 Å². The van der Waals surface area contributed by atoms with Crippen LogP contribution in [-0.2, 0) is 29.1 Å². The SMILES string of the molecule is CSCC[C@@H](COCc1ccccc1)n1c(/C=C/[Si](C)(C)c2ccccc2)c(C(C)=O)cc(CCCOCc2ccccc2)c1=O. The molecule has 5 nitrogen and oxygen atoms in total. The molecule has 0 aliphatic heterocycles. The van der Waals surface area contributed by atoms with Gasteiger partial charge in [0.05, 0.1) is 31.6 Å². The summed E-state index contributed by atoms with van der Waals surface area (Å²) in [5.41, 5.74) is 6.28. The predicted octanol–water partition coefficient (Wildman–Crippen LogP) is 7.88. The molecule has 0 aliphatic carbocycles. The highest BCUT2D eigenvalue weighted by atomic mass is 32.2. The Bertz CT molecular complexity index is 1600. The van der Waals surface area contributed by atoms with Crippen molar-refractivity contribution in [1.82, 2.24) is 4.57 Å². The highest BCUT2D eigenvalue weighted by molar-refractivity contribution is 7.98. The van der Waals surface area contributed by atoms with Gasteiger partial charge in [0, 0.05) is 17.7 Å². The van der Waals surface area contributed by atoms with Gasteiger partial charge in [0.25, 0.3) is 5.56 Å². The van der Waals surface area contributed by atoms with Crippen LogP contribution in [0.1, 0.15) is 58.5 Å². The summed E-state index contributed by atoms with van der Waals surface area (Å²) in [6.07, 6.45) is 6.07. The summed E-state index contributed by atoms with van der Waals surface area (Å²) in [6, 6.07) is 32.2. The van der Waals surface area contributed by atoms with E-state index in [2.05, 4.69) is 49.3 Å². The molecule has 0 bridgehead atoms. The molecule has 4 rings (SSSR count). The Kier molecular flexibility index (Phi) is 13.8. The van der Waals surface area contributed by atoms with Gasteiger partial charge in [-0.1, -0.05) is 115 Å². The molecule has 0 aliphatic rings. The molecule has 1 aromatic heterocycles. The van der Waals surface area contributed by atoms with Crippen LogP contribution in [0.25, 0.3) is 6.08 Å². The molecule has 7 heteroatoms. The van der Waals surface area contributed by atoms with E-state index in [1.54, 1.807) is 18.7 Å². The van der Waals surface area contributed by atoms with E-state index in [-0.39, 0.29) is 17.4 Å². The second kappa shape index (κ2) is 18.0. The molecule has 0 saturated heterocycles. The van der Waals surface area contributed by atoms with E-state index >= 15 is 0 Å². The number of carbonyl (C=O) groups excluding carboxylic acids is 1. The number of hydrogen-bond donors (Lipinski definition) is 0. The zero-order valence-corrected chi connectivity index (χ0v) is 29.4. The predicted molar refractivity (Wildman–Crippen MR) is 196 cm³/mol. The second-order valence-electron chi connectivity index (χ2n) is 12.2. The van der Waals surface area contributed by atoms with Crippen molar-refractivity contribution >= 4 is 36.9 Å². The van der Waals surface area contributed by atoms with Crippen LogP contribution in [0.4, 0.5) is 0 Å². The minimum absolute atomic E-state index is 0.0528. The third-order valence-corrected chi connectivity index (χ3v) is 11.7. The molecule has 3 aromatic carbocycles. The molecule has 4 aromatic rings. The van der Waals surface area contributed by atoms with Gasteiger partial charge < -0.3 is 14.0 Å². The van der Waals surface area contributed by atoms with Gasteiger partial charge in [-0.15, -0.1) is 0 Å². The van der Waals surface area contributed by atoms with Gasteiger partial charge in [-0.25, -0.2) is 0 Å². The van der Waals surface area contributed by atoms with Crippen molar-refractivity contribution in [3.63, 3.8) is 0 Å². The zero-order valence-electron chi connectivity index (χ0n) is 27.6. The van der Waals surface area contributed by atoms with E-state index in [1.165, 1.54) is 5.19 Å². The van der Waals surface area contributed by atoms with Crippen LogP contribution >= 0.6 is 11.8 Å². The number of Topliss-reactive ketones (excluding diaryl/α,β-unsaturated/α-hetero) is 1. The molecule has 0 spiro atoms. The number of thioether (sulfide) groups is 1. The molecular formula is C39H47NO4SSi. The van der Waals surface area contributed by atoms with Gasteiger partial charge in [-0.3, -0.25) is 9.59 Å². The van der Waals surface area contributed by atoms with Crippen LogP contribution < -0.4 is 10.7 Å². The molecule has 46 heavy (non-hydrogen) atoms. The van der Waals surface area contributed by atoms with Crippen molar-refractivity contribution in [2.75, 3.05) is 25.2 Å². The number of nitrogens with zero attached hydrogens (tertiary/aromatic N) is 1. The van der Waals surface area contributed by atoms with Crippen molar-refractivity contribution in [2.45, 2.75) is 58.5 Å². The van der Waals surface area contributed by atoms with Crippen molar-refractivity contribution in [2.24, 2.45) is 0 Å². The number of hydrogen-bond acceptors (Lipinski definition) is 5. The first-order chi connectivity index (χ1) is 22.3. The van der Waals surface area contributed by atoms with E-state index in [0.717, 1.165) is 23.3 Å². The second-order valence-corrected chi connectivity index (χ2v) is 17.5. The Balaban J connectivity index is 1.69. The molecule has 0 amide bonds. The first-order valence-corrected chi connectivity index (χ1v) is 20.5. The van der Waals surface area contributed by atoms with E-state index < -0.39 is 8.07 Å². The monoisotopic (exact) mass is 653 g/mol. The fraction of sp³-hybridized carbons (Fsp3) is 0.333. The lowest BCUT2D eigenvalue weighted by Gasteiger charge is -2.26. The Morgan fingerprint density at radius 1 is 0.891 bits per heavy atom. The van der Waals surface area contributed by atoms with Gasteiger partial charge in [0.2, 0.25) is 0 Å². The van der Waals surface area contributed by atoms with Gasteiger partial charge in [-0.2, -0.15) is 11.8 Å². The maximum atomic E-state index is 14.4. The quantitative estimate of drug-likeness (QED) is 0.0622. The number of carbonyl (C=O) groups is 1. The van der Waals surface area contributed by atoms with E-state index in [1.807, 2.05) is 83.4 Å². The summed E-state index contributed by atoms with van der Waals surface area (Å²) in [5, 5.41) is 1.29. The number of ketones is 1. The largest absolute Gasteiger partial charge is 0.377 e. The van der Waals surface area contributed by atoms with Crippen LogP contribution in [-0.4, -0.2) is 43.6 Å². The molecule has 1 heterocycles. The third kappa shape index (κ3) is 10.3. The number of benzene rings is 3. The minimum Gasteiger partial charge on any atom is -0.377 e. The van der Waals surface area contributed by atoms with Gasteiger partial charge >= 0.3 is 0 Å². The molecule has 0 saturated carbocycles. The van der Waals surface area contributed by atoms with Crippen molar-refractivity contribution < 1.29 is 14.3 Å². The fourth-order valence-corrected chi connectivity index (χ4v) is 7.83. The molecule has 242 valence electrons. The van der Waals surface area contributed by atoms with Crippen LogP contribution in [0.5, 0.6) is 0 Å². The number of aromatic nitrogens is 1. The lowest BCUT2D eigenvalue weighted by Crippen LogP contribution is -2.39. The van der Waals surface area contributed by atoms with Crippen molar-refractivity contribution in [1.29, 1.82) is 0 Å². The van der Waals surface area contributed by atoms with Crippen LogP contribution in [0.2, 0.25) is 13.1 Å². The summed E-state index contributed by atoms with van der Waals surface area (Å²) in [7, 11) is -2.02. The molecule has 1 atom stereocenters. The lowest BCUT2D eigenvalue weighted by atomic mass is 10.0. The summed E-state index contributed by atoms with van der Waals surface area (Å²) in [5.74, 6) is 0.814. The highest BCUT2D eigenvalue weighted by Gasteiger charge is 2.24. The van der Waals surface area contributed by atoms with Crippen molar-refractivity contribution in [3.8, 4) is 0 Å². The Hall–Kier alpha value is -3.49. The number of ether oxygens (including phenoxy) is 2. The minimum atomic E-state index is -2.02. The normalized spacial score (nSPS) is 12.4. The molecule has 0 unspecified atom stereocenters. The third-order valence-electron chi connectivity index (χ3n) is 8.19. The van der Waals surface area contributed by atoms with E-state index in [4.69, 9.17) is 9.47 Å². The van der Waals surface area contributed by atoms with Crippen LogP contribution in [0.3, 0.4) is 0 Å². The Labute approximate surface area is 279 Å². The smallest absolute Gasteiger partial charge is 0.254 e. The standard InChI is InChI=1S/C39H47NO4SSi/c1-31(41)37-27-34(19-14-24-43-28-32-15-8-5-9-16-32)39(42)40(38(37)23-26-46(3,4)36-20-12-7-13-21-36)35(22-25-45-2)30-44-29-33-17-10-6-11-18-33/h5-13,15-18,20-21,23,26-27,35H,14,19,22,24-25,28-30H2,1-4H3/b26-23+/t35-/m0/s1. The lowest BCUT2D eigenvalue weighted by molar-refractivity contribution is 0.0872. The summed E-state index contributed by atoms with van der Waals surface area (Å²) < 4.78 is 14.1.